The first kappa shape index (κ1) is 12.6. The minimum atomic E-state index is -0.270. The van der Waals surface area contributed by atoms with Gasteiger partial charge in [-0.05, 0) is 42.0 Å². The molecule has 88 valence electrons. The summed E-state index contributed by atoms with van der Waals surface area (Å²) in [6, 6.07) is 11.7. The van der Waals surface area contributed by atoms with Gasteiger partial charge in [0.2, 0.25) is 0 Å². The smallest absolute Gasteiger partial charge is 0.128 e. The van der Waals surface area contributed by atoms with Gasteiger partial charge in [0.25, 0.3) is 0 Å². The number of ether oxygens (including phenoxy) is 1. The van der Waals surface area contributed by atoms with E-state index in [2.05, 4.69) is 31.9 Å². The Bertz CT molecular complexity index is 511. The molecule has 4 heteroatoms. The second kappa shape index (κ2) is 5.65. The van der Waals surface area contributed by atoms with Crippen LogP contribution in [0.15, 0.2) is 46.9 Å². The van der Waals surface area contributed by atoms with Gasteiger partial charge in [-0.1, -0.05) is 37.9 Å². The summed E-state index contributed by atoms with van der Waals surface area (Å²) in [6.45, 7) is 0. The molecule has 0 unspecified atom stereocenters. The molecule has 0 bridgehead atoms. The second-order valence-corrected chi connectivity index (χ2v) is 4.86. The van der Waals surface area contributed by atoms with Crippen LogP contribution in [0.2, 0.25) is 0 Å². The Kier molecular flexibility index (Phi) is 4.18. The van der Waals surface area contributed by atoms with E-state index in [1.54, 1.807) is 12.1 Å². The number of benzene rings is 2. The van der Waals surface area contributed by atoms with E-state index in [0.29, 0.717) is 11.5 Å². The number of alkyl halides is 1. The first-order valence-electron chi connectivity index (χ1n) is 4.97. The third-order valence-electron chi connectivity index (χ3n) is 2.22. The van der Waals surface area contributed by atoms with Crippen LogP contribution in [0.1, 0.15) is 5.56 Å². The minimum Gasteiger partial charge on any atom is -0.457 e. The quantitative estimate of drug-likeness (QED) is 0.678. The van der Waals surface area contributed by atoms with E-state index in [0.717, 1.165) is 15.4 Å². The zero-order valence-electron chi connectivity index (χ0n) is 8.79. The maximum atomic E-state index is 12.7. The third-order valence-corrected chi connectivity index (χ3v) is 3.56. The standard InChI is InChI=1S/C13H9Br2FO/c14-8-9-1-4-12(7-13(9)15)17-11-5-2-10(16)3-6-11/h1-7H,8H2. The molecule has 2 aromatic carbocycles. The first-order chi connectivity index (χ1) is 8.19. The van der Waals surface area contributed by atoms with Crippen molar-refractivity contribution in [3.63, 3.8) is 0 Å². The van der Waals surface area contributed by atoms with Gasteiger partial charge in [-0.3, -0.25) is 0 Å². The number of hydrogen-bond donors (Lipinski definition) is 0. The Morgan fingerprint density at radius 2 is 1.65 bits per heavy atom. The molecule has 0 amide bonds. The van der Waals surface area contributed by atoms with Crippen molar-refractivity contribution >= 4 is 31.9 Å². The van der Waals surface area contributed by atoms with Crippen molar-refractivity contribution in [1.82, 2.24) is 0 Å². The average Bonchev–Trinajstić information content (AvgIpc) is 2.32. The molecule has 0 aliphatic carbocycles. The van der Waals surface area contributed by atoms with Crippen LogP contribution in [0.25, 0.3) is 0 Å². The maximum absolute atomic E-state index is 12.7. The van der Waals surface area contributed by atoms with Gasteiger partial charge in [0.15, 0.2) is 0 Å². The van der Waals surface area contributed by atoms with Crippen molar-refractivity contribution in [3.05, 3.63) is 58.3 Å². The summed E-state index contributed by atoms with van der Waals surface area (Å²) in [7, 11) is 0. The molecular formula is C13H9Br2FO. The summed E-state index contributed by atoms with van der Waals surface area (Å²) >= 11 is 6.86. The van der Waals surface area contributed by atoms with E-state index < -0.39 is 0 Å². The maximum Gasteiger partial charge on any atom is 0.128 e. The van der Waals surface area contributed by atoms with Crippen LogP contribution in [0.5, 0.6) is 11.5 Å². The predicted molar refractivity (Wildman–Crippen MR) is 73.2 cm³/mol. The molecule has 0 aliphatic rings. The molecule has 17 heavy (non-hydrogen) atoms. The highest BCUT2D eigenvalue weighted by Gasteiger charge is 2.02. The van der Waals surface area contributed by atoms with Gasteiger partial charge >= 0.3 is 0 Å². The van der Waals surface area contributed by atoms with E-state index >= 15 is 0 Å². The highest BCUT2D eigenvalue weighted by atomic mass is 79.9. The van der Waals surface area contributed by atoms with Crippen molar-refractivity contribution < 1.29 is 9.13 Å². The summed E-state index contributed by atoms with van der Waals surface area (Å²) in [5.41, 5.74) is 1.15. The SMILES string of the molecule is Fc1ccc(Oc2ccc(CBr)c(Br)c2)cc1. The van der Waals surface area contributed by atoms with Crippen LogP contribution in [0.3, 0.4) is 0 Å². The molecule has 0 aliphatic heterocycles. The van der Waals surface area contributed by atoms with Gasteiger partial charge in [0.1, 0.15) is 17.3 Å². The van der Waals surface area contributed by atoms with Gasteiger partial charge in [-0.25, -0.2) is 4.39 Å². The molecule has 0 atom stereocenters. The second-order valence-electron chi connectivity index (χ2n) is 3.44. The molecule has 0 spiro atoms. The van der Waals surface area contributed by atoms with Gasteiger partial charge in [0.05, 0.1) is 0 Å². The van der Waals surface area contributed by atoms with Crippen LogP contribution in [0, 0.1) is 5.82 Å². The zero-order valence-corrected chi connectivity index (χ0v) is 12.0. The third kappa shape index (κ3) is 3.30. The molecule has 0 N–H and O–H groups in total. The summed E-state index contributed by atoms with van der Waals surface area (Å²) in [4.78, 5) is 0. The molecule has 0 radical (unpaired) electrons. The van der Waals surface area contributed by atoms with Gasteiger partial charge in [-0.15, -0.1) is 0 Å². The monoisotopic (exact) mass is 358 g/mol. The van der Waals surface area contributed by atoms with Crippen molar-refractivity contribution in [1.29, 1.82) is 0 Å². The predicted octanol–water partition coefficient (Wildman–Crippen LogP) is 5.28. The molecule has 2 rings (SSSR count). The van der Waals surface area contributed by atoms with E-state index in [-0.39, 0.29) is 5.82 Å². The van der Waals surface area contributed by atoms with Crippen molar-refractivity contribution in [2.24, 2.45) is 0 Å². The fourth-order valence-corrected chi connectivity index (χ4v) is 2.70. The fourth-order valence-electron chi connectivity index (χ4n) is 1.34. The topological polar surface area (TPSA) is 9.23 Å². The lowest BCUT2D eigenvalue weighted by atomic mass is 10.2. The highest BCUT2D eigenvalue weighted by molar-refractivity contribution is 9.10. The van der Waals surface area contributed by atoms with Crippen LogP contribution in [0.4, 0.5) is 4.39 Å². The Labute approximate surface area is 116 Å². The normalized spacial score (nSPS) is 10.3. The lowest BCUT2D eigenvalue weighted by Gasteiger charge is -2.07. The van der Waals surface area contributed by atoms with Crippen LogP contribution in [-0.4, -0.2) is 0 Å². The Hall–Kier alpha value is -0.870. The van der Waals surface area contributed by atoms with Crippen LogP contribution in [-0.2, 0) is 5.33 Å². The molecule has 0 saturated heterocycles. The Morgan fingerprint density at radius 1 is 1.00 bits per heavy atom. The molecular weight excluding hydrogens is 351 g/mol. The highest BCUT2D eigenvalue weighted by Crippen LogP contribution is 2.28. The first-order valence-corrected chi connectivity index (χ1v) is 6.88. The average molecular weight is 360 g/mol. The van der Waals surface area contributed by atoms with Crippen molar-refractivity contribution in [2.45, 2.75) is 5.33 Å². The van der Waals surface area contributed by atoms with Crippen LogP contribution >= 0.6 is 31.9 Å². The minimum absolute atomic E-state index is 0.270. The Morgan fingerprint density at radius 3 is 2.24 bits per heavy atom. The summed E-state index contributed by atoms with van der Waals surface area (Å²) in [5.74, 6) is 1.06. The lowest BCUT2D eigenvalue weighted by molar-refractivity contribution is 0.480. The number of rotatable bonds is 3. The van der Waals surface area contributed by atoms with Crippen molar-refractivity contribution in [2.75, 3.05) is 0 Å². The lowest BCUT2D eigenvalue weighted by Crippen LogP contribution is -1.86. The van der Waals surface area contributed by atoms with Crippen molar-refractivity contribution in [3.8, 4) is 11.5 Å². The number of hydrogen-bond acceptors (Lipinski definition) is 1. The largest absolute Gasteiger partial charge is 0.457 e. The van der Waals surface area contributed by atoms with E-state index in [4.69, 9.17) is 4.74 Å². The molecule has 2 aromatic rings. The van der Waals surface area contributed by atoms with Gasteiger partial charge in [0, 0.05) is 9.80 Å². The molecule has 1 nitrogen and oxygen atoms in total. The zero-order chi connectivity index (χ0) is 12.3. The van der Waals surface area contributed by atoms with Crippen LogP contribution < -0.4 is 4.74 Å². The van der Waals surface area contributed by atoms with Gasteiger partial charge in [-0.2, -0.15) is 0 Å². The Balaban J connectivity index is 2.19. The fraction of sp³-hybridized carbons (Fsp3) is 0.0769. The summed E-state index contributed by atoms with van der Waals surface area (Å²) in [6.07, 6.45) is 0. The molecule has 0 saturated carbocycles. The van der Waals surface area contributed by atoms with E-state index in [9.17, 15) is 4.39 Å². The summed E-state index contributed by atoms with van der Waals surface area (Å²) < 4.78 is 19.3. The molecule has 0 heterocycles. The van der Waals surface area contributed by atoms with E-state index in [1.807, 2.05) is 18.2 Å². The van der Waals surface area contributed by atoms with E-state index in [1.165, 1.54) is 12.1 Å². The number of halogens is 3. The molecule has 0 aromatic heterocycles. The molecule has 0 fully saturated rings. The van der Waals surface area contributed by atoms with Gasteiger partial charge < -0.3 is 4.74 Å². The summed E-state index contributed by atoms with van der Waals surface area (Å²) in [5, 5.41) is 0.782.